The molecule has 0 saturated heterocycles. The molecule has 2 rings (SSSR count). The quantitative estimate of drug-likeness (QED) is 0.650. The van der Waals surface area contributed by atoms with Crippen molar-refractivity contribution in [3.8, 4) is 0 Å². The Bertz CT molecular complexity index is 929. The van der Waals surface area contributed by atoms with E-state index in [4.69, 9.17) is 4.74 Å². The van der Waals surface area contributed by atoms with Gasteiger partial charge < -0.3 is 15.4 Å². The number of hydrogen-bond acceptors (Lipinski definition) is 4. The largest absolute Gasteiger partial charge is 0.467 e. The molecule has 0 radical (unpaired) electrons. The summed E-state index contributed by atoms with van der Waals surface area (Å²) in [6, 6.07) is 9.82. The van der Waals surface area contributed by atoms with Gasteiger partial charge in [-0.3, -0.25) is 9.59 Å². The lowest BCUT2D eigenvalue weighted by Gasteiger charge is -2.22. The summed E-state index contributed by atoms with van der Waals surface area (Å²) in [5.74, 6) is -2.10. The second kappa shape index (κ2) is 10.5. The predicted octanol–water partition coefficient (Wildman–Crippen LogP) is 2.39. The van der Waals surface area contributed by atoms with Crippen LogP contribution in [0.15, 0.2) is 42.5 Å². The molecular formula is C23H27FN2O4. The highest BCUT2D eigenvalue weighted by Gasteiger charge is 2.28. The van der Waals surface area contributed by atoms with E-state index in [2.05, 4.69) is 10.6 Å². The van der Waals surface area contributed by atoms with Gasteiger partial charge in [-0.1, -0.05) is 36.4 Å². The zero-order valence-electron chi connectivity index (χ0n) is 17.6. The second-order valence-corrected chi connectivity index (χ2v) is 7.26. The molecule has 0 aliphatic carbocycles. The maximum atomic E-state index is 14.0. The summed E-state index contributed by atoms with van der Waals surface area (Å²) in [5.41, 5.74) is 3.33. The first-order chi connectivity index (χ1) is 14.2. The first-order valence-electron chi connectivity index (χ1n) is 9.66. The van der Waals surface area contributed by atoms with Crippen LogP contribution < -0.4 is 10.6 Å². The fourth-order valence-corrected chi connectivity index (χ4v) is 3.11. The molecule has 0 aromatic heterocycles. The van der Waals surface area contributed by atoms with Crippen molar-refractivity contribution in [1.82, 2.24) is 10.6 Å². The molecule has 2 amide bonds. The third-order valence-corrected chi connectivity index (χ3v) is 4.89. The fourth-order valence-electron chi connectivity index (χ4n) is 3.11. The van der Waals surface area contributed by atoms with Crippen molar-refractivity contribution in [3.05, 3.63) is 70.5 Å². The first kappa shape index (κ1) is 23.1. The summed E-state index contributed by atoms with van der Waals surface area (Å²) in [6.45, 7) is 5.22. The van der Waals surface area contributed by atoms with E-state index < -0.39 is 35.7 Å². The highest BCUT2D eigenvalue weighted by Crippen LogP contribution is 2.13. The van der Waals surface area contributed by atoms with Crippen molar-refractivity contribution in [3.63, 3.8) is 0 Å². The Morgan fingerprint density at radius 1 is 0.967 bits per heavy atom. The van der Waals surface area contributed by atoms with Crippen molar-refractivity contribution in [2.24, 2.45) is 0 Å². The van der Waals surface area contributed by atoms with Crippen molar-refractivity contribution in [1.29, 1.82) is 0 Å². The van der Waals surface area contributed by atoms with E-state index in [0.717, 1.165) is 16.7 Å². The number of rotatable bonds is 8. The highest BCUT2D eigenvalue weighted by molar-refractivity contribution is 5.90. The number of aryl methyl sites for hydroxylation is 2. The summed E-state index contributed by atoms with van der Waals surface area (Å²) >= 11 is 0. The molecule has 0 saturated carbocycles. The first-order valence-corrected chi connectivity index (χ1v) is 9.66. The maximum Gasteiger partial charge on any atom is 0.328 e. The highest BCUT2D eigenvalue weighted by atomic mass is 19.1. The van der Waals surface area contributed by atoms with Gasteiger partial charge in [0.25, 0.3) is 0 Å². The molecule has 0 spiro atoms. The minimum Gasteiger partial charge on any atom is -0.467 e. The average Bonchev–Trinajstić information content (AvgIpc) is 2.70. The van der Waals surface area contributed by atoms with Crippen molar-refractivity contribution in [2.45, 2.75) is 45.7 Å². The van der Waals surface area contributed by atoms with Gasteiger partial charge in [-0.25, -0.2) is 9.18 Å². The van der Waals surface area contributed by atoms with E-state index in [0.29, 0.717) is 0 Å². The van der Waals surface area contributed by atoms with Gasteiger partial charge in [-0.2, -0.15) is 0 Å². The molecule has 0 heterocycles. The molecule has 0 aliphatic heterocycles. The van der Waals surface area contributed by atoms with Crippen LogP contribution >= 0.6 is 0 Å². The van der Waals surface area contributed by atoms with Crippen LogP contribution in [0, 0.1) is 19.7 Å². The number of amides is 2. The SMILES string of the molecule is COC(=O)[C@@H](Cc1ccc(C)c(C)c1)NC(=O)[C@@H](Cc1ccccc1F)NC(C)=O. The van der Waals surface area contributed by atoms with Gasteiger partial charge in [0, 0.05) is 19.8 Å². The predicted molar refractivity (Wildman–Crippen MR) is 111 cm³/mol. The number of methoxy groups -OCH3 is 1. The summed E-state index contributed by atoms with van der Waals surface area (Å²) in [4.78, 5) is 36.8. The van der Waals surface area contributed by atoms with Gasteiger partial charge in [0.2, 0.25) is 11.8 Å². The van der Waals surface area contributed by atoms with Crippen LogP contribution in [-0.4, -0.2) is 37.0 Å². The lowest BCUT2D eigenvalue weighted by molar-refractivity contribution is -0.145. The standard InChI is InChI=1S/C23H27FN2O4/c1-14-9-10-17(11-15(14)2)12-21(23(29)30-4)26-22(28)20(25-16(3)27)13-18-7-5-6-8-19(18)24/h5-11,20-21H,12-13H2,1-4H3,(H,25,27)(H,26,28)/t20-,21-/m1/s1. The van der Waals surface area contributed by atoms with Crippen molar-refractivity contribution in [2.75, 3.05) is 7.11 Å². The summed E-state index contributed by atoms with van der Waals surface area (Å²) in [7, 11) is 1.24. The Hall–Kier alpha value is -3.22. The molecule has 7 heteroatoms. The van der Waals surface area contributed by atoms with Crippen LogP contribution in [0.2, 0.25) is 0 Å². The van der Waals surface area contributed by atoms with Crippen LogP contribution in [0.5, 0.6) is 0 Å². The number of hydrogen-bond donors (Lipinski definition) is 2. The zero-order valence-corrected chi connectivity index (χ0v) is 17.6. The van der Waals surface area contributed by atoms with E-state index in [-0.39, 0.29) is 18.4 Å². The molecule has 30 heavy (non-hydrogen) atoms. The molecule has 0 bridgehead atoms. The number of carbonyl (C=O) groups is 3. The van der Waals surface area contributed by atoms with E-state index in [9.17, 15) is 18.8 Å². The Balaban J connectivity index is 2.20. The Morgan fingerprint density at radius 2 is 1.67 bits per heavy atom. The van der Waals surface area contributed by atoms with Gasteiger partial charge >= 0.3 is 5.97 Å². The number of nitrogens with one attached hydrogen (secondary N) is 2. The van der Waals surface area contributed by atoms with Crippen molar-refractivity contribution < 1.29 is 23.5 Å². The zero-order chi connectivity index (χ0) is 22.3. The van der Waals surface area contributed by atoms with E-state index in [1.807, 2.05) is 32.0 Å². The normalized spacial score (nSPS) is 12.6. The second-order valence-electron chi connectivity index (χ2n) is 7.26. The van der Waals surface area contributed by atoms with Crippen LogP contribution in [0.3, 0.4) is 0 Å². The molecule has 160 valence electrons. The van der Waals surface area contributed by atoms with Gasteiger partial charge in [0.05, 0.1) is 7.11 Å². The number of carbonyl (C=O) groups excluding carboxylic acids is 3. The topological polar surface area (TPSA) is 84.5 Å². The average molecular weight is 414 g/mol. The molecular weight excluding hydrogens is 387 g/mol. The van der Waals surface area contributed by atoms with Gasteiger partial charge in [0.15, 0.2) is 0 Å². The summed E-state index contributed by atoms with van der Waals surface area (Å²) in [5, 5.41) is 5.17. The molecule has 2 aromatic carbocycles. The Morgan fingerprint density at radius 3 is 2.27 bits per heavy atom. The van der Waals surface area contributed by atoms with E-state index in [1.165, 1.54) is 20.1 Å². The van der Waals surface area contributed by atoms with Crippen LogP contribution in [-0.2, 0) is 32.0 Å². The molecule has 0 fully saturated rings. The minimum atomic E-state index is -1.04. The van der Waals surface area contributed by atoms with Gasteiger partial charge in [0.1, 0.15) is 17.9 Å². The van der Waals surface area contributed by atoms with E-state index in [1.54, 1.807) is 18.2 Å². The summed E-state index contributed by atoms with van der Waals surface area (Å²) in [6.07, 6.45) is 0.182. The fraction of sp³-hybridized carbons (Fsp3) is 0.348. The molecule has 2 N–H and O–H groups in total. The smallest absolute Gasteiger partial charge is 0.328 e. The van der Waals surface area contributed by atoms with Gasteiger partial charge in [-0.15, -0.1) is 0 Å². The lowest BCUT2D eigenvalue weighted by atomic mass is 10.00. The maximum absolute atomic E-state index is 14.0. The molecule has 0 unspecified atom stereocenters. The molecule has 2 atom stereocenters. The number of ether oxygens (including phenoxy) is 1. The van der Waals surface area contributed by atoms with Crippen LogP contribution in [0.1, 0.15) is 29.2 Å². The van der Waals surface area contributed by atoms with Crippen LogP contribution in [0.4, 0.5) is 4.39 Å². The van der Waals surface area contributed by atoms with E-state index >= 15 is 0 Å². The monoisotopic (exact) mass is 414 g/mol. The van der Waals surface area contributed by atoms with Crippen molar-refractivity contribution >= 4 is 17.8 Å². The Labute approximate surface area is 175 Å². The molecule has 2 aromatic rings. The minimum absolute atomic E-state index is 0.0460. The van der Waals surface area contributed by atoms with Crippen LogP contribution in [0.25, 0.3) is 0 Å². The summed E-state index contributed by atoms with van der Waals surface area (Å²) < 4.78 is 18.9. The third-order valence-electron chi connectivity index (χ3n) is 4.89. The molecule has 6 nitrogen and oxygen atoms in total. The van der Waals surface area contributed by atoms with Gasteiger partial charge in [-0.05, 0) is 42.2 Å². The number of benzene rings is 2. The number of halogens is 1. The third kappa shape index (κ3) is 6.40. The Kier molecular flexibility index (Phi) is 8.09. The lowest BCUT2D eigenvalue weighted by Crippen LogP contribution is -2.53. The molecule has 0 aliphatic rings. The number of esters is 1.